The molecule has 2 N–H and O–H groups in total. The molecule has 0 aliphatic carbocycles. The number of hydrogen-bond acceptors (Lipinski definition) is 2. The quantitative estimate of drug-likeness (QED) is 0.849. The highest BCUT2D eigenvalue weighted by atomic mass is 79.9. The van der Waals surface area contributed by atoms with Crippen molar-refractivity contribution < 1.29 is 9.90 Å². The number of carboxylic acids is 1. The molecule has 104 valence electrons. The van der Waals surface area contributed by atoms with E-state index in [9.17, 15) is 9.90 Å². The summed E-state index contributed by atoms with van der Waals surface area (Å²) in [6.07, 6.45) is 0. The van der Waals surface area contributed by atoms with Gasteiger partial charge in [0.25, 0.3) is 0 Å². The topological polar surface area (TPSA) is 49.3 Å². The first-order valence-corrected chi connectivity index (χ1v) is 7.13. The summed E-state index contributed by atoms with van der Waals surface area (Å²) in [6.45, 7) is 1.61. The van der Waals surface area contributed by atoms with Gasteiger partial charge in [-0.2, -0.15) is 0 Å². The van der Waals surface area contributed by atoms with Crippen LogP contribution in [0, 0.1) is 0 Å². The van der Waals surface area contributed by atoms with Crippen LogP contribution in [0.15, 0.2) is 53.0 Å². The second-order valence-corrected chi connectivity index (χ2v) is 5.78. The predicted octanol–water partition coefficient (Wildman–Crippen LogP) is 4.51. The van der Waals surface area contributed by atoms with Gasteiger partial charge in [-0.25, -0.2) is 4.79 Å². The summed E-state index contributed by atoms with van der Waals surface area (Å²) >= 11 is 9.49. The van der Waals surface area contributed by atoms with Crippen LogP contribution in [0.4, 0.5) is 5.69 Å². The lowest BCUT2D eigenvalue weighted by atomic mass is 9.91. The van der Waals surface area contributed by atoms with Crippen molar-refractivity contribution in [3.63, 3.8) is 0 Å². The fourth-order valence-corrected chi connectivity index (χ4v) is 2.80. The van der Waals surface area contributed by atoms with E-state index in [-0.39, 0.29) is 0 Å². The maximum atomic E-state index is 11.8. The van der Waals surface area contributed by atoms with Gasteiger partial charge in [-0.05, 0) is 25.1 Å². The highest BCUT2D eigenvalue weighted by Crippen LogP contribution is 2.34. The SMILES string of the molecule is CC(Nc1ccccc1Cl)(C(=O)O)c1ccccc1Br. The Morgan fingerprint density at radius 2 is 1.80 bits per heavy atom. The molecule has 2 rings (SSSR count). The van der Waals surface area contributed by atoms with Crippen molar-refractivity contribution in [1.82, 2.24) is 0 Å². The molecule has 0 saturated heterocycles. The highest BCUT2D eigenvalue weighted by Gasteiger charge is 2.37. The number of rotatable bonds is 4. The van der Waals surface area contributed by atoms with E-state index >= 15 is 0 Å². The van der Waals surface area contributed by atoms with Gasteiger partial charge >= 0.3 is 5.97 Å². The molecular weight excluding hydrogens is 342 g/mol. The van der Waals surface area contributed by atoms with E-state index in [4.69, 9.17) is 11.6 Å². The van der Waals surface area contributed by atoms with Crippen LogP contribution in [0.3, 0.4) is 0 Å². The molecule has 1 unspecified atom stereocenters. The summed E-state index contributed by atoms with van der Waals surface area (Å²) in [5.41, 5.74) is -0.0762. The van der Waals surface area contributed by atoms with Gasteiger partial charge in [0.2, 0.25) is 0 Å². The molecule has 0 bridgehead atoms. The lowest BCUT2D eigenvalue weighted by Gasteiger charge is -2.29. The van der Waals surface area contributed by atoms with Crippen LogP contribution in [-0.4, -0.2) is 11.1 Å². The Morgan fingerprint density at radius 3 is 2.40 bits per heavy atom. The van der Waals surface area contributed by atoms with Gasteiger partial charge in [0.05, 0.1) is 10.7 Å². The van der Waals surface area contributed by atoms with Crippen LogP contribution >= 0.6 is 27.5 Å². The molecule has 2 aromatic rings. The summed E-state index contributed by atoms with van der Waals surface area (Å²) in [7, 11) is 0. The first kappa shape index (κ1) is 14.9. The zero-order chi connectivity index (χ0) is 14.8. The summed E-state index contributed by atoms with van der Waals surface area (Å²) in [5, 5.41) is 13.1. The molecule has 0 heterocycles. The number of carboxylic acid groups (broad SMARTS) is 1. The second-order valence-electron chi connectivity index (χ2n) is 4.51. The Morgan fingerprint density at radius 1 is 1.20 bits per heavy atom. The molecule has 3 nitrogen and oxygen atoms in total. The monoisotopic (exact) mass is 353 g/mol. The minimum atomic E-state index is -1.29. The molecular formula is C15H13BrClNO2. The summed E-state index contributed by atoms with van der Waals surface area (Å²) in [6, 6.07) is 14.3. The van der Waals surface area contributed by atoms with E-state index in [0.29, 0.717) is 16.3 Å². The first-order valence-electron chi connectivity index (χ1n) is 5.96. The minimum Gasteiger partial charge on any atom is -0.479 e. The Hall–Kier alpha value is -1.52. The number of nitrogens with one attached hydrogen (secondary N) is 1. The first-order chi connectivity index (χ1) is 9.45. The van der Waals surface area contributed by atoms with Crippen molar-refractivity contribution in [2.24, 2.45) is 0 Å². The molecule has 0 radical (unpaired) electrons. The normalized spacial score (nSPS) is 13.6. The predicted molar refractivity (Wildman–Crippen MR) is 84.2 cm³/mol. The molecule has 0 aliphatic heterocycles. The van der Waals surface area contributed by atoms with E-state index in [1.165, 1.54) is 0 Å². The molecule has 2 aromatic carbocycles. The standard InChI is InChI=1S/C15H13BrClNO2/c1-15(14(19)20,10-6-2-3-7-11(10)16)18-13-9-5-4-8-12(13)17/h2-9,18H,1H3,(H,19,20). The van der Waals surface area contributed by atoms with Crippen LogP contribution in [0.5, 0.6) is 0 Å². The number of para-hydroxylation sites is 1. The van der Waals surface area contributed by atoms with Crippen LogP contribution in [-0.2, 0) is 10.3 Å². The number of halogens is 2. The third kappa shape index (κ3) is 2.81. The van der Waals surface area contributed by atoms with Gasteiger partial charge in [-0.1, -0.05) is 57.9 Å². The van der Waals surface area contributed by atoms with Crippen molar-refractivity contribution in [2.45, 2.75) is 12.5 Å². The van der Waals surface area contributed by atoms with Gasteiger partial charge in [0, 0.05) is 10.0 Å². The molecule has 0 fully saturated rings. The lowest BCUT2D eigenvalue weighted by Crippen LogP contribution is -2.40. The Bertz CT molecular complexity index is 647. The van der Waals surface area contributed by atoms with Crippen LogP contribution in [0.1, 0.15) is 12.5 Å². The van der Waals surface area contributed by atoms with Gasteiger partial charge in [-0.3, -0.25) is 0 Å². The average molecular weight is 355 g/mol. The molecule has 0 aromatic heterocycles. The molecule has 0 aliphatic rings. The zero-order valence-electron chi connectivity index (χ0n) is 10.7. The number of aliphatic carboxylic acids is 1. The van der Waals surface area contributed by atoms with Gasteiger partial charge in [-0.15, -0.1) is 0 Å². The second kappa shape index (κ2) is 5.85. The van der Waals surface area contributed by atoms with Gasteiger partial charge in [0.1, 0.15) is 0 Å². The van der Waals surface area contributed by atoms with Crippen LogP contribution < -0.4 is 5.32 Å². The Balaban J connectivity index is 2.49. The number of anilines is 1. The third-order valence-corrected chi connectivity index (χ3v) is 4.12. The Labute approximate surface area is 130 Å². The van der Waals surface area contributed by atoms with E-state index in [2.05, 4.69) is 21.2 Å². The molecule has 0 saturated carbocycles. The number of hydrogen-bond donors (Lipinski definition) is 2. The van der Waals surface area contributed by atoms with E-state index < -0.39 is 11.5 Å². The summed E-state index contributed by atoms with van der Waals surface area (Å²) < 4.78 is 0.726. The average Bonchev–Trinajstić information content (AvgIpc) is 2.41. The van der Waals surface area contributed by atoms with E-state index in [0.717, 1.165) is 4.47 Å². The van der Waals surface area contributed by atoms with Crippen molar-refractivity contribution in [3.8, 4) is 0 Å². The summed E-state index contributed by atoms with van der Waals surface area (Å²) in [4.78, 5) is 11.8. The van der Waals surface area contributed by atoms with Gasteiger partial charge < -0.3 is 10.4 Å². The molecule has 5 heteroatoms. The smallest absolute Gasteiger partial charge is 0.333 e. The third-order valence-electron chi connectivity index (χ3n) is 3.10. The minimum absolute atomic E-state index is 0.479. The van der Waals surface area contributed by atoms with Crippen LogP contribution in [0.2, 0.25) is 5.02 Å². The van der Waals surface area contributed by atoms with Crippen LogP contribution in [0.25, 0.3) is 0 Å². The molecule has 0 spiro atoms. The maximum absolute atomic E-state index is 11.8. The van der Waals surface area contributed by atoms with Crippen molar-refractivity contribution in [2.75, 3.05) is 5.32 Å². The van der Waals surface area contributed by atoms with Crippen molar-refractivity contribution >= 4 is 39.2 Å². The van der Waals surface area contributed by atoms with Crippen molar-refractivity contribution in [1.29, 1.82) is 0 Å². The lowest BCUT2D eigenvalue weighted by molar-refractivity contribution is -0.142. The fourth-order valence-electron chi connectivity index (χ4n) is 1.93. The van der Waals surface area contributed by atoms with E-state index in [1.54, 1.807) is 43.3 Å². The Kier molecular flexibility index (Phi) is 4.35. The number of carbonyl (C=O) groups is 1. The number of benzene rings is 2. The summed E-state index contributed by atoms with van der Waals surface area (Å²) in [5.74, 6) is -0.982. The molecule has 0 amide bonds. The fraction of sp³-hybridized carbons (Fsp3) is 0.133. The maximum Gasteiger partial charge on any atom is 0.333 e. The van der Waals surface area contributed by atoms with E-state index in [1.807, 2.05) is 12.1 Å². The largest absolute Gasteiger partial charge is 0.479 e. The molecule has 20 heavy (non-hydrogen) atoms. The zero-order valence-corrected chi connectivity index (χ0v) is 13.1. The van der Waals surface area contributed by atoms with Gasteiger partial charge in [0.15, 0.2) is 5.54 Å². The molecule has 1 atom stereocenters. The highest BCUT2D eigenvalue weighted by molar-refractivity contribution is 9.10. The van der Waals surface area contributed by atoms with Crippen molar-refractivity contribution in [3.05, 3.63) is 63.6 Å².